The number of benzene rings is 2. The van der Waals surface area contributed by atoms with E-state index in [1.165, 1.54) is 0 Å². The highest BCUT2D eigenvalue weighted by atomic mass is 35.5. The van der Waals surface area contributed by atoms with E-state index in [4.69, 9.17) is 0 Å². The quantitative estimate of drug-likeness (QED) is 0.384. The molecule has 1 unspecified atom stereocenters. The second-order valence-corrected chi connectivity index (χ2v) is 9.76. The molecule has 0 bridgehead atoms. The number of pyridine rings is 1. The number of fused-ring (bicyclic) bond motifs is 1. The molecular weight excluding hydrogens is 498 g/mol. The van der Waals surface area contributed by atoms with Crippen LogP contribution in [0, 0.1) is 0 Å². The standard InChI is InChI=1S/C30H29N5O2.ClH/c1-34-26(21-9-4-2-5-10-21)23(24-13-8-18-31-28(24)34)14-15-25(36)35-19-16-30(17-20-35)29(37)32-27(33-30)22-11-6-3-7-12-22;/h2-15,18,27,33H,16-17,19-20H2,1H3,(H,32,37);1H/b15-14+;. The first kappa shape index (κ1) is 25.7. The van der Waals surface area contributed by atoms with Crippen LogP contribution in [0.3, 0.4) is 0 Å². The highest BCUT2D eigenvalue weighted by Gasteiger charge is 2.48. The number of nitrogens with one attached hydrogen (secondary N) is 2. The molecule has 7 nitrogen and oxygen atoms in total. The number of nitrogens with zero attached hydrogens (tertiary/aromatic N) is 3. The normalized spacial score (nSPS) is 18.6. The first-order valence-electron chi connectivity index (χ1n) is 12.7. The van der Waals surface area contributed by atoms with Crippen LogP contribution in [-0.2, 0) is 16.6 Å². The molecule has 0 radical (unpaired) electrons. The van der Waals surface area contributed by atoms with Crippen molar-refractivity contribution in [2.24, 2.45) is 7.05 Å². The predicted molar refractivity (Wildman–Crippen MR) is 151 cm³/mol. The predicted octanol–water partition coefficient (Wildman–Crippen LogP) is 4.45. The van der Waals surface area contributed by atoms with Gasteiger partial charge in [-0.2, -0.15) is 0 Å². The second kappa shape index (κ2) is 10.4. The second-order valence-electron chi connectivity index (χ2n) is 9.76. The molecule has 2 aliphatic rings. The molecular formula is C30H30ClN5O2. The van der Waals surface area contributed by atoms with Gasteiger partial charge in [-0.05, 0) is 42.2 Å². The van der Waals surface area contributed by atoms with Crippen LogP contribution in [0.4, 0.5) is 0 Å². The third-order valence-electron chi connectivity index (χ3n) is 7.62. The van der Waals surface area contributed by atoms with Crippen LogP contribution in [0.2, 0.25) is 0 Å². The van der Waals surface area contributed by atoms with Crippen LogP contribution in [0.25, 0.3) is 28.4 Å². The Morgan fingerprint density at radius 1 is 1.00 bits per heavy atom. The molecule has 1 spiro atoms. The van der Waals surface area contributed by atoms with Gasteiger partial charge in [0.25, 0.3) is 0 Å². The van der Waals surface area contributed by atoms with Gasteiger partial charge >= 0.3 is 0 Å². The molecule has 4 heterocycles. The van der Waals surface area contributed by atoms with Crippen LogP contribution in [0.15, 0.2) is 85.1 Å². The Morgan fingerprint density at radius 3 is 2.39 bits per heavy atom. The Hall–Kier alpha value is -3.94. The van der Waals surface area contributed by atoms with Gasteiger partial charge in [-0.15, -0.1) is 12.4 Å². The molecule has 2 aliphatic heterocycles. The molecule has 2 N–H and O–H groups in total. The molecule has 2 aromatic heterocycles. The molecule has 6 rings (SSSR count). The van der Waals surface area contributed by atoms with Gasteiger partial charge in [0.1, 0.15) is 17.4 Å². The topological polar surface area (TPSA) is 79.3 Å². The summed E-state index contributed by atoms with van der Waals surface area (Å²) in [5.74, 6) is -0.0347. The van der Waals surface area contributed by atoms with E-state index < -0.39 is 5.54 Å². The zero-order valence-corrected chi connectivity index (χ0v) is 21.9. The molecule has 0 aliphatic carbocycles. The summed E-state index contributed by atoms with van der Waals surface area (Å²) in [6.07, 6.45) is 6.30. The monoisotopic (exact) mass is 527 g/mol. The third kappa shape index (κ3) is 4.48. The Kier molecular flexibility index (Phi) is 7.06. The van der Waals surface area contributed by atoms with Crippen molar-refractivity contribution in [1.82, 2.24) is 25.1 Å². The highest BCUT2D eigenvalue weighted by Crippen LogP contribution is 2.34. The Labute approximate surface area is 228 Å². The summed E-state index contributed by atoms with van der Waals surface area (Å²) in [7, 11) is 2.00. The molecule has 2 aromatic carbocycles. The van der Waals surface area contributed by atoms with Crippen molar-refractivity contribution in [2.75, 3.05) is 13.1 Å². The number of piperidine rings is 1. The van der Waals surface area contributed by atoms with E-state index in [9.17, 15) is 9.59 Å². The van der Waals surface area contributed by atoms with Gasteiger partial charge in [0.05, 0.1) is 5.69 Å². The van der Waals surface area contributed by atoms with E-state index in [1.54, 1.807) is 12.3 Å². The van der Waals surface area contributed by atoms with Gasteiger partial charge in [0, 0.05) is 43.4 Å². The fraction of sp³-hybridized carbons (Fsp3) is 0.233. The number of carbonyl (C=O) groups excluding carboxylic acids is 2. The molecule has 8 heteroatoms. The Balaban J connectivity index is 0.00000294. The van der Waals surface area contributed by atoms with Crippen molar-refractivity contribution < 1.29 is 9.59 Å². The number of hydrogen-bond acceptors (Lipinski definition) is 4. The molecule has 0 saturated carbocycles. The Bertz CT molecular complexity index is 1490. The van der Waals surface area contributed by atoms with Gasteiger partial charge in [0.2, 0.25) is 11.8 Å². The van der Waals surface area contributed by atoms with Crippen LogP contribution >= 0.6 is 12.4 Å². The molecule has 2 fully saturated rings. The minimum Gasteiger partial charge on any atom is -0.339 e. The fourth-order valence-corrected chi connectivity index (χ4v) is 5.60. The number of halogens is 1. The van der Waals surface area contributed by atoms with Crippen LogP contribution < -0.4 is 10.6 Å². The zero-order chi connectivity index (χ0) is 25.4. The molecule has 2 amide bonds. The number of aryl methyl sites for hydroxylation is 1. The molecule has 38 heavy (non-hydrogen) atoms. The maximum atomic E-state index is 13.2. The number of rotatable bonds is 4. The average Bonchev–Trinajstić information content (AvgIpc) is 3.42. The maximum Gasteiger partial charge on any atom is 0.246 e. The number of aromatic nitrogens is 2. The SMILES string of the molecule is Cl.Cn1c(-c2ccccc2)c(/C=C/C(=O)N2CCC3(CC2)NC(c2ccccc2)NC3=O)c2cccnc21. The van der Waals surface area contributed by atoms with Crippen LogP contribution in [0.1, 0.15) is 30.1 Å². The molecule has 1 atom stereocenters. The van der Waals surface area contributed by atoms with E-state index in [0.717, 1.165) is 33.4 Å². The number of hydrogen-bond donors (Lipinski definition) is 2. The van der Waals surface area contributed by atoms with E-state index in [2.05, 4.69) is 32.3 Å². The fourth-order valence-electron chi connectivity index (χ4n) is 5.60. The molecule has 4 aromatic rings. The van der Waals surface area contributed by atoms with E-state index in [1.807, 2.05) is 78.7 Å². The summed E-state index contributed by atoms with van der Waals surface area (Å²) >= 11 is 0. The highest BCUT2D eigenvalue weighted by molar-refractivity contribution is 6.00. The van der Waals surface area contributed by atoms with E-state index in [0.29, 0.717) is 25.9 Å². The van der Waals surface area contributed by atoms with Gasteiger partial charge in [0.15, 0.2) is 0 Å². The van der Waals surface area contributed by atoms with Crippen LogP contribution in [0.5, 0.6) is 0 Å². The average molecular weight is 528 g/mol. The first-order valence-corrected chi connectivity index (χ1v) is 12.7. The lowest BCUT2D eigenvalue weighted by molar-refractivity contribution is -0.132. The van der Waals surface area contributed by atoms with Crippen molar-refractivity contribution in [3.8, 4) is 11.3 Å². The van der Waals surface area contributed by atoms with Gasteiger partial charge in [-0.25, -0.2) is 4.98 Å². The maximum absolute atomic E-state index is 13.2. The molecule has 194 valence electrons. The lowest BCUT2D eigenvalue weighted by Crippen LogP contribution is -2.55. The van der Waals surface area contributed by atoms with Crippen molar-refractivity contribution in [3.05, 3.63) is 96.2 Å². The first-order chi connectivity index (χ1) is 18.1. The van der Waals surface area contributed by atoms with Gasteiger partial charge in [-0.1, -0.05) is 60.7 Å². The minimum absolute atomic E-state index is 0. The minimum atomic E-state index is -0.636. The number of amides is 2. The number of carbonyl (C=O) groups is 2. The van der Waals surface area contributed by atoms with Crippen LogP contribution in [-0.4, -0.2) is 44.9 Å². The summed E-state index contributed by atoms with van der Waals surface area (Å²) in [6, 6.07) is 24.0. The summed E-state index contributed by atoms with van der Waals surface area (Å²) in [5.41, 5.74) is 4.34. The van der Waals surface area contributed by atoms with Crippen molar-refractivity contribution in [2.45, 2.75) is 24.5 Å². The van der Waals surface area contributed by atoms with E-state index >= 15 is 0 Å². The number of likely N-dealkylation sites (tertiary alicyclic amines) is 1. The molecule has 2 saturated heterocycles. The van der Waals surface area contributed by atoms with Gasteiger partial charge < -0.3 is 14.8 Å². The van der Waals surface area contributed by atoms with Crippen molar-refractivity contribution >= 4 is 41.3 Å². The third-order valence-corrected chi connectivity index (χ3v) is 7.62. The van der Waals surface area contributed by atoms with Crippen molar-refractivity contribution in [1.29, 1.82) is 0 Å². The summed E-state index contributed by atoms with van der Waals surface area (Å²) in [6.45, 7) is 1.04. The lowest BCUT2D eigenvalue weighted by Gasteiger charge is -2.37. The van der Waals surface area contributed by atoms with Crippen molar-refractivity contribution in [3.63, 3.8) is 0 Å². The zero-order valence-electron chi connectivity index (χ0n) is 21.1. The van der Waals surface area contributed by atoms with Gasteiger partial charge in [-0.3, -0.25) is 14.9 Å². The Morgan fingerprint density at radius 2 is 1.68 bits per heavy atom. The summed E-state index contributed by atoms with van der Waals surface area (Å²) < 4.78 is 2.08. The summed E-state index contributed by atoms with van der Waals surface area (Å²) in [4.78, 5) is 32.6. The lowest BCUT2D eigenvalue weighted by atomic mass is 9.87. The van der Waals surface area contributed by atoms with E-state index in [-0.39, 0.29) is 30.4 Å². The summed E-state index contributed by atoms with van der Waals surface area (Å²) in [5, 5.41) is 7.60. The smallest absolute Gasteiger partial charge is 0.246 e. The largest absolute Gasteiger partial charge is 0.339 e.